The standard InChI is InChI=1S/C26H31N3O6/c1-16(30)28-18-6-11-23-21(12-18)26(32)29(2)22-10-9-20(35-24(22)15-34-23)13-25(31)27-14-17-4-7-19(33-3)8-5-17/h4-8,11-12,20,22,24H,9-10,13-15H2,1-3H3,(H,27,31)(H,28,30)/t20-,22-,24+/m1/s1. The van der Waals surface area contributed by atoms with Gasteiger partial charge in [0, 0.05) is 26.2 Å². The van der Waals surface area contributed by atoms with Gasteiger partial charge in [0.05, 0.1) is 31.2 Å². The maximum atomic E-state index is 13.2. The number of rotatable bonds is 6. The van der Waals surface area contributed by atoms with Crippen molar-refractivity contribution in [2.75, 3.05) is 26.1 Å². The average Bonchev–Trinajstić information content (AvgIpc) is 2.85. The lowest BCUT2D eigenvalue weighted by Gasteiger charge is -2.42. The second-order valence-corrected chi connectivity index (χ2v) is 8.89. The van der Waals surface area contributed by atoms with Crippen LogP contribution in [0.15, 0.2) is 42.5 Å². The van der Waals surface area contributed by atoms with Crippen molar-refractivity contribution >= 4 is 23.4 Å². The van der Waals surface area contributed by atoms with Crippen LogP contribution in [0.5, 0.6) is 11.5 Å². The Morgan fingerprint density at radius 1 is 1.14 bits per heavy atom. The van der Waals surface area contributed by atoms with Crippen LogP contribution < -0.4 is 20.1 Å². The van der Waals surface area contributed by atoms with Gasteiger partial charge < -0.3 is 29.7 Å². The van der Waals surface area contributed by atoms with Crippen LogP contribution in [0.2, 0.25) is 0 Å². The lowest BCUT2D eigenvalue weighted by molar-refractivity contribution is -0.134. The van der Waals surface area contributed by atoms with E-state index in [4.69, 9.17) is 14.2 Å². The first kappa shape index (κ1) is 24.5. The monoisotopic (exact) mass is 481 g/mol. The molecule has 0 unspecified atom stereocenters. The summed E-state index contributed by atoms with van der Waals surface area (Å²) in [6.07, 6.45) is 1.01. The van der Waals surface area contributed by atoms with E-state index in [0.29, 0.717) is 36.4 Å². The minimum atomic E-state index is -0.347. The van der Waals surface area contributed by atoms with Gasteiger partial charge in [-0.25, -0.2) is 0 Å². The molecule has 2 N–H and O–H groups in total. The van der Waals surface area contributed by atoms with Gasteiger partial charge in [0.25, 0.3) is 5.91 Å². The van der Waals surface area contributed by atoms with Gasteiger partial charge in [0.15, 0.2) is 0 Å². The maximum absolute atomic E-state index is 13.2. The zero-order chi connectivity index (χ0) is 24.9. The van der Waals surface area contributed by atoms with Gasteiger partial charge in [-0.2, -0.15) is 0 Å². The molecule has 186 valence electrons. The Morgan fingerprint density at radius 2 is 1.91 bits per heavy atom. The van der Waals surface area contributed by atoms with Gasteiger partial charge in [-0.3, -0.25) is 14.4 Å². The third-order valence-corrected chi connectivity index (χ3v) is 6.39. The van der Waals surface area contributed by atoms with E-state index in [2.05, 4.69) is 10.6 Å². The Hall–Kier alpha value is -3.59. The molecule has 2 aliphatic rings. The van der Waals surface area contributed by atoms with Gasteiger partial charge >= 0.3 is 0 Å². The van der Waals surface area contributed by atoms with Crippen molar-refractivity contribution in [1.82, 2.24) is 10.2 Å². The van der Waals surface area contributed by atoms with E-state index in [-0.39, 0.29) is 49.0 Å². The van der Waals surface area contributed by atoms with E-state index >= 15 is 0 Å². The zero-order valence-corrected chi connectivity index (χ0v) is 20.2. The fourth-order valence-electron chi connectivity index (χ4n) is 4.53. The molecule has 2 heterocycles. The van der Waals surface area contributed by atoms with Crippen molar-refractivity contribution < 1.29 is 28.6 Å². The third-order valence-electron chi connectivity index (χ3n) is 6.39. The molecule has 35 heavy (non-hydrogen) atoms. The molecule has 0 saturated carbocycles. The predicted octanol–water partition coefficient (Wildman–Crippen LogP) is 2.74. The number of anilines is 1. The van der Waals surface area contributed by atoms with Gasteiger partial charge in [0.2, 0.25) is 11.8 Å². The van der Waals surface area contributed by atoms with Gasteiger partial charge in [-0.05, 0) is 48.7 Å². The number of hydrogen-bond donors (Lipinski definition) is 2. The molecule has 9 nitrogen and oxygen atoms in total. The maximum Gasteiger partial charge on any atom is 0.257 e. The Bertz CT molecular complexity index is 1090. The van der Waals surface area contributed by atoms with Crippen molar-refractivity contribution in [3.8, 4) is 11.5 Å². The zero-order valence-electron chi connectivity index (χ0n) is 20.2. The topological polar surface area (TPSA) is 106 Å². The van der Waals surface area contributed by atoms with E-state index in [9.17, 15) is 14.4 Å². The van der Waals surface area contributed by atoms with Crippen LogP contribution in [-0.2, 0) is 20.9 Å². The van der Waals surface area contributed by atoms with Gasteiger partial charge in [0.1, 0.15) is 24.2 Å². The molecule has 3 amide bonds. The Balaban J connectivity index is 1.36. The molecule has 0 aliphatic carbocycles. The number of nitrogens with zero attached hydrogens (tertiary/aromatic N) is 1. The van der Waals surface area contributed by atoms with Crippen LogP contribution in [0.1, 0.15) is 42.1 Å². The van der Waals surface area contributed by atoms with Crippen LogP contribution in [-0.4, -0.2) is 61.6 Å². The molecule has 2 aromatic carbocycles. The normalized spacial score (nSPS) is 21.5. The lowest BCUT2D eigenvalue weighted by Crippen LogP contribution is -2.53. The minimum Gasteiger partial charge on any atom is -0.497 e. The quantitative estimate of drug-likeness (QED) is 0.657. The number of likely N-dealkylation sites (N-methyl/N-ethyl adjacent to an activating group) is 1. The number of methoxy groups -OCH3 is 1. The summed E-state index contributed by atoms with van der Waals surface area (Å²) in [6.45, 7) is 2.11. The highest BCUT2D eigenvalue weighted by Gasteiger charge is 2.39. The first-order valence-electron chi connectivity index (χ1n) is 11.7. The summed E-state index contributed by atoms with van der Waals surface area (Å²) in [5.74, 6) is 0.720. The Labute approximate surface area is 204 Å². The lowest BCUT2D eigenvalue weighted by atomic mass is 9.94. The number of ether oxygens (including phenoxy) is 3. The summed E-state index contributed by atoms with van der Waals surface area (Å²) < 4.78 is 17.3. The van der Waals surface area contributed by atoms with Crippen molar-refractivity contribution in [3.05, 3.63) is 53.6 Å². The summed E-state index contributed by atoms with van der Waals surface area (Å²) in [4.78, 5) is 38.8. The summed E-state index contributed by atoms with van der Waals surface area (Å²) in [6, 6.07) is 12.4. The summed E-state index contributed by atoms with van der Waals surface area (Å²) >= 11 is 0. The van der Waals surface area contributed by atoms with Crippen molar-refractivity contribution in [2.45, 2.75) is 51.0 Å². The minimum absolute atomic E-state index is 0.0868. The fourth-order valence-corrected chi connectivity index (χ4v) is 4.53. The molecular weight excluding hydrogens is 450 g/mol. The highest BCUT2D eigenvalue weighted by atomic mass is 16.5. The number of amides is 3. The largest absolute Gasteiger partial charge is 0.497 e. The molecule has 1 fully saturated rings. The molecule has 2 aromatic rings. The van der Waals surface area contributed by atoms with Crippen molar-refractivity contribution in [3.63, 3.8) is 0 Å². The molecule has 9 heteroatoms. The SMILES string of the molecule is COc1ccc(CNC(=O)C[C@H]2CC[C@@H]3[C@H](COc4ccc(NC(C)=O)cc4C(=O)N3C)O2)cc1. The molecule has 4 rings (SSSR count). The average molecular weight is 482 g/mol. The van der Waals surface area contributed by atoms with Crippen LogP contribution in [0, 0.1) is 0 Å². The second kappa shape index (κ2) is 10.8. The molecular formula is C26H31N3O6. The summed E-state index contributed by atoms with van der Waals surface area (Å²) in [5.41, 5.74) is 1.93. The second-order valence-electron chi connectivity index (χ2n) is 8.89. The summed E-state index contributed by atoms with van der Waals surface area (Å²) in [5, 5.41) is 5.64. The molecule has 1 saturated heterocycles. The first-order valence-corrected chi connectivity index (χ1v) is 11.7. The number of hydrogen-bond acceptors (Lipinski definition) is 6. The third kappa shape index (κ3) is 5.92. The number of carbonyl (C=O) groups is 3. The van der Waals surface area contributed by atoms with Crippen LogP contribution in [0.3, 0.4) is 0 Å². The number of benzene rings is 2. The fraction of sp³-hybridized carbons (Fsp3) is 0.423. The number of carbonyl (C=O) groups excluding carboxylic acids is 3. The van der Waals surface area contributed by atoms with E-state index in [1.54, 1.807) is 37.3 Å². The van der Waals surface area contributed by atoms with E-state index < -0.39 is 0 Å². The molecule has 3 atom stereocenters. The van der Waals surface area contributed by atoms with Crippen molar-refractivity contribution in [2.24, 2.45) is 0 Å². The Kier molecular flexibility index (Phi) is 7.55. The molecule has 2 aliphatic heterocycles. The predicted molar refractivity (Wildman–Crippen MR) is 129 cm³/mol. The molecule has 0 bridgehead atoms. The molecule has 0 aromatic heterocycles. The Morgan fingerprint density at radius 3 is 2.63 bits per heavy atom. The van der Waals surface area contributed by atoms with Gasteiger partial charge in [-0.15, -0.1) is 0 Å². The van der Waals surface area contributed by atoms with Crippen molar-refractivity contribution in [1.29, 1.82) is 0 Å². The highest BCUT2D eigenvalue weighted by Crippen LogP contribution is 2.32. The van der Waals surface area contributed by atoms with Gasteiger partial charge in [-0.1, -0.05) is 12.1 Å². The first-order chi connectivity index (χ1) is 16.8. The number of fused-ring (bicyclic) bond motifs is 2. The van der Waals surface area contributed by atoms with E-state index in [0.717, 1.165) is 11.3 Å². The van der Waals surface area contributed by atoms with Crippen LogP contribution in [0.25, 0.3) is 0 Å². The molecule has 0 spiro atoms. The number of nitrogens with one attached hydrogen (secondary N) is 2. The highest BCUT2D eigenvalue weighted by molar-refractivity contribution is 5.99. The summed E-state index contributed by atoms with van der Waals surface area (Å²) in [7, 11) is 3.37. The van der Waals surface area contributed by atoms with E-state index in [1.807, 2.05) is 24.3 Å². The van der Waals surface area contributed by atoms with E-state index in [1.165, 1.54) is 6.92 Å². The molecule has 0 radical (unpaired) electrons. The smallest absolute Gasteiger partial charge is 0.257 e. The van der Waals surface area contributed by atoms with Crippen LogP contribution in [0.4, 0.5) is 5.69 Å². The van der Waals surface area contributed by atoms with Crippen LogP contribution >= 0.6 is 0 Å².